The average Bonchev–Trinajstić information content (AvgIpc) is 3.30. The molecule has 2 aliphatic rings. The van der Waals surface area contributed by atoms with E-state index in [9.17, 15) is 18.3 Å². The maximum Gasteiger partial charge on any atom is 0.325 e. The van der Waals surface area contributed by atoms with Gasteiger partial charge < -0.3 is 14.8 Å². The predicted molar refractivity (Wildman–Crippen MR) is 110 cm³/mol. The Morgan fingerprint density at radius 1 is 1.33 bits per heavy atom. The predicted octanol–water partition coefficient (Wildman–Crippen LogP) is 1.00. The Kier molecular flexibility index (Phi) is 5.69. The van der Waals surface area contributed by atoms with E-state index in [1.165, 1.54) is 0 Å². The van der Waals surface area contributed by atoms with Crippen molar-refractivity contribution >= 4 is 26.7 Å². The van der Waals surface area contributed by atoms with E-state index in [0.29, 0.717) is 43.9 Å². The molecular weight excluding hydrogens is 408 g/mol. The van der Waals surface area contributed by atoms with Gasteiger partial charge in [-0.3, -0.25) is 14.6 Å². The first-order valence-corrected chi connectivity index (χ1v) is 11.7. The number of carboxylic acids is 1. The van der Waals surface area contributed by atoms with Gasteiger partial charge in [-0.15, -0.1) is 0 Å². The number of carboxylic acid groups (broad SMARTS) is 1. The lowest BCUT2D eigenvalue weighted by atomic mass is 10.0. The molecule has 2 atom stereocenters. The number of sulfone groups is 1. The van der Waals surface area contributed by atoms with Crippen molar-refractivity contribution in [1.29, 1.82) is 5.26 Å². The number of aromatic amines is 1. The molecule has 0 aliphatic carbocycles. The highest BCUT2D eigenvalue weighted by atomic mass is 32.2. The molecular formula is C20H24N4O5S. The third kappa shape index (κ3) is 4.14. The van der Waals surface area contributed by atoms with E-state index in [0.717, 1.165) is 10.9 Å². The Bertz CT molecular complexity index is 1080. The summed E-state index contributed by atoms with van der Waals surface area (Å²) in [4.78, 5) is 19.4. The second-order valence-electron chi connectivity index (χ2n) is 7.77. The molecule has 0 saturated carbocycles. The third-order valence-electron chi connectivity index (χ3n) is 5.96. The molecule has 10 heteroatoms. The smallest absolute Gasteiger partial charge is 0.325 e. The molecule has 0 unspecified atom stereocenters. The van der Waals surface area contributed by atoms with Crippen LogP contribution in [0.15, 0.2) is 24.4 Å². The Labute approximate surface area is 174 Å². The number of aromatic nitrogens is 1. The summed E-state index contributed by atoms with van der Waals surface area (Å²) in [6.07, 6.45) is 2.37. The van der Waals surface area contributed by atoms with Gasteiger partial charge in [0.25, 0.3) is 0 Å². The highest BCUT2D eigenvalue weighted by Gasteiger charge is 2.37. The number of nitriles is 1. The summed E-state index contributed by atoms with van der Waals surface area (Å²) in [5.41, 5.74) is 1.45. The van der Waals surface area contributed by atoms with Gasteiger partial charge in [0.1, 0.15) is 17.9 Å². The van der Waals surface area contributed by atoms with Gasteiger partial charge in [-0.1, -0.05) is 0 Å². The number of benzene rings is 1. The summed E-state index contributed by atoms with van der Waals surface area (Å²) >= 11 is 0. The molecule has 160 valence electrons. The number of piperazine rings is 1. The molecule has 0 spiro atoms. The lowest BCUT2D eigenvalue weighted by molar-refractivity contribution is -0.144. The molecule has 3 heterocycles. The zero-order valence-corrected chi connectivity index (χ0v) is 17.3. The van der Waals surface area contributed by atoms with Crippen molar-refractivity contribution in [2.24, 2.45) is 0 Å². The molecule has 2 aliphatic heterocycles. The van der Waals surface area contributed by atoms with Crippen molar-refractivity contribution in [2.45, 2.75) is 18.5 Å². The first kappa shape index (κ1) is 20.7. The lowest BCUT2D eigenvalue weighted by Crippen LogP contribution is -2.52. The van der Waals surface area contributed by atoms with E-state index in [4.69, 9.17) is 10.00 Å². The molecule has 1 aromatic heterocycles. The topological polar surface area (TPSA) is 127 Å². The minimum Gasteiger partial charge on any atom is -0.480 e. The van der Waals surface area contributed by atoms with Crippen LogP contribution < -0.4 is 4.74 Å². The number of hydrogen-bond acceptors (Lipinski definition) is 7. The van der Waals surface area contributed by atoms with E-state index in [1.54, 1.807) is 18.3 Å². The number of hydrogen-bond donors (Lipinski definition) is 2. The van der Waals surface area contributed by atoms with Gasteiger partial charge in [0.15, 0.2) is 16.4 Å². The summed E-state index contributed by atoms with van der Waals surface area (Å²) in [7, 11) is -2.94. The molecule has 0 amide bonds. The molecule has 4 rings (SSSR count). The maximum absolute atomic E-state index is 12.2. The number of ether oxygens (including phenoxy) is 1. The number of carbonyl (C=O) groups is 1. The van der Waals surface area contributed by atoms with E-state index < -0.39 is 21.8 Å². The van der Waals surface area contributed by atoms with Crippen LogP contribution in [0, 0.1) is 11.3 Å². The van der Waals surface area contributed by atoms with Crippen molar-refractivity contribution in [3.05, 3.63) is 30.0 Å². The second kappa shape index (κ2) is 8.26. The Morgan fingerprint density at radius 3 is 2.73 bits per heavy atom. The number of nitrogens with one attached hydrogen (secondary N) is 1. The fourth-order valence-corrected chi connectivity index (χ4v) is 6.22. The van der Waals surface area contributed by atoms with Gasteiger partial charge in [-0.25, -0.2) is 8.42 Å². The quantitative estimate of drug-likeness (QED) is 0.692. The van der Waals surface area contributed by atoms with Crippen molar-refractivity contribution in [2.75, 3.05) is 44.3 Å². The normalized spacial score (nSPS) is 23.2. The molecule has 0 bridgehead atoms. The van der Waals surface area contributed by atoms with Crippen LogP contribution in [-0.2, 0) is 14.6 Å². The van der Waals surface area contributed by atoms with Gasteiger partial charge in [0, 0.05) is 54.9 Å². The fourth-order valence-electron chi connectivity index (χ4n) is 4.46. The number of nitrogens with zero attached hydrogens (tertiary/aromatic N) is 3. The van der Waals surface area contributed by atoms with Crippen molar-refractivity contribution in [1.82, 2.24) is 14.8 Å². The SMILES string of the molecule is N#CCOc1ccc2[nH]cc([C@@H](C(=O)O)N3CCN([C@@H]4CCS(=O)(=O)C4)CC3)c2c1. The fraction of sp³-hybridized carbons (Fsp3) is 0.500. The molecule has 0 radical (unpaired) electrons. The minimum atomic E-state index is -2.94. The van der Waals surface area contributed by atoms with Crippen molar-refractivity contribution in [3.63, 3.8) is 0 Å². The van der Waals surface area contributed by atoms with Crippen LogP contribution in [0.3, 0.4) is 0 Å². The molecule has 2 fully saturated rings. The van der Waals surface area contributed by atoms with Crippen LogP contribution in [0.2, 0.25) is 0 Å². The lowest BCUT2D eigenvalue weighted by Gasteiger charge is -2.40. The van der Waals surface area contributed by atoms with Crippen LogP contribution in [0.1, 0.15) is 18.0 Å². The summed E-state index contributed by atoms with van der Waals surface area (Å²) in [5, 5.41) is 19.5. The zero-order valence-electron chi connectivity index (χ0n) is 16.5. The zero-order chi connectivity index (χ0) is 21.3. The van der Waals surface area contributed by atoms with Crippen molar-refractivity contribution < 1.29 is 23.1 Å². The molecule has 30 heavy (non-hydrogen) atoms. The monoisotopic (exact) mass is 432 g/mol. The summed E-state index contributed by atoms with van der Waals surface area (Å²) in [6, 6.07) is 6.45. The summed E-state index contributed by atoms with van der Waals surface area (Å²) < 4.78 is 28.9. The molecule has 2 saturated heterocycles. The van der Waals surface area contributed by atoms with E-state index in [2.05, 4.69) is 9.88 Å². The van der Waals surface area contributed by atoms with Crippen LogP contribution in [0.4, 0.5) is 0 Å². The van der Waals surface area contributed by atoms with E-state index in [-0.39, 0.29) is 24.2 Å². The average molecular weight is 433 g/mol. The van der Waals surface area contributed by atoms with Crippen LogP contribution in [0.25, 0.3) is 10.9 Å². The second-order valence-corrected chi connectivity index (χ2v) is 10.00. The highest BCUT2D eigenvalue weighted by Crippen LogP contribution is 2.32. The van der Waals surface area contributed by atoms with Crippen molar-refractivity contribution in [3.8, 4) is 11.8 Å². The Balaban J connectivity index is 1.52. The standard InChI is InChI=1S/C20H24N4O5S/c21-4-9-29-15-1-2-18-16(11-15)17(12-22-18)19(20(25)26)24-7-5-23(6-8-24)14-3-10-30(27,28)13-14/h1-2,11-12,14,19,22H,3,5-10,13H2,(H,25,26)/t14-,19+/m1/s1. The third-order valence-corrected chi connectivity index (χ3v) is 7.71. The van der Waals surface area contributed by atoms with Crippen LogP contribution in [0.5, 0.6) is 5.75 Å². The Morgan fingerprint density at radius 2 is 2.10 bits per heavy atom. The number of fused-ring (bicyclic) bond motifs is 1. The Hall–Kier alpha value is -2.61. The summed E-state index contributed by atoms with van der Waals surface area (Å²) in [5.74, 6) is 0.0159. The van der Waals surface area contributed by atoms with Gasteiger partial charge >= 0.3 is 5.97 Å². The van der Waals surface area contributed by atoms with Crippen LogP contribution >= 0.6 is 0 Å². The van der Waals surface area contributed by atoms with E-state index in [1.807, 2.05) is 17.0 Å². The first-order valence-electron chi connectivity index (χ1n) is 9.90. The maximum atomic E-state index is 12.2. The van der Waals surface area contributed by atoms with Gasteiger partial charge in [0.2, 0.25) is 0 Å². The molecule has 2 aromatic rings. The van der Waals surface area contributed by atoms with Gasteiger partial charge in [0.05, 0.1) is 11.5 Å². The highest BCUT2D eigenvalue weighted by molar-refractivity contribution is 7.91. The van der Waals surface area contributed by atoms with Gasteiger partial charge in [-0.05, 0) is 24.6 Å². The van der Waals surface area contributed by atoms with E-state index >= 15 is 0 Å². The summed E-state index contributed by atoms with van der Waals surface area (Å²) in [6.45, 7) is 2.30. The minimum absolute atomic E-state index is 0.0355. The first-order chi connectivity index (χ1) is 14.4. The number of rotatable bonds is 6. The molecule has 9 nitrogen and oxygen atoms in total. The molecule has 2 N–H and O–H groups in total. The number of H-pyrrole nitrogens is 1. The van der Waals surface area contributed by atoms with Crippen LogP contribution in [-0.4, -0.2) is 84.6 Å². The molecule has 1 aromatic carbocycles. The largest absolute Gasteiger partial charge is 0.480 e. The number of aliphatic carboxylic acids is 1. The van der Waals surface area contributed by atoms with Gasteiger partial charge in [-0.2, -0.15) is 5.26 Å².